The van der Waals surface area contributed by atoms with Crippen molar-refractivity contribution in [2.45, 2.75) is 53.4 Å². The number of hydrogen-bond acceptors (Lipinski definition) is 4. The van der Waals surface area contributed by atoms with E-state index in [1.807, 2.05) is 13.0 Å². The Morgan fingerprint density at radius 2 is 1.57 bits per heavy atom. The summed E-state index contributed by atoms with van der Waals surface area (Å²) < 4.78 is 5.16. The van der Waals surface area contributed by atoms with E-state index in [2.05, 4.69) is 32.9 Å². The van der Waals surface area contributed by atoms with Crippen LogP contribution in [-0.4, -0.2) is 22.8 Å². The molecule has 0 spiro atoms. The number of carbonyl (C=O) groups excluding carboxylic acids is 1. The molecule has 0 fully saturated rings. The third kappa shape index (κ3) is 10.4. The topological polar surface area (TPSA) is 66.8 Å². The maximum absolute atomic E-state index is 11.7. The summed E-state index contributed by atoms with van der Waals surface area (Å²) >= 11 is 0. The van der Waals surface area contributed by atoms with Crippen molar-refractivity contribution in [1.82, 2.24) is 0 Å². The van der Waals surface area contributed by atoms with Gasteiger partial charge >= 0.3 is 5.97 Å². The van der Waals surface area contributed by atoms with Crippen LogP contribution in [0.4, 0.5) is 0 Å². The highest BCUT2D eigenvalue weighted by molar-refractivity contribution is 5.87. The van der Waals surface area contributed by atoms with E-state index in [4.69, 9.17) is 4.74 Å². The fraction of sp³-hybridized carbons (Fsp3) is 0.375. The molecular formula is C24H32O4. The second kappa shape index (κ2) is 12.6. The molecule has 0 unspecified atom stereocenters. The Bertz CT molecular complexity index is 763. The van der Waals surface area contributed by atoms with Crippen molar-refractivity contribution in [2.24, 2.45) is 0 Å². The summed E-state index contributed by atoms with van der Waals surface area (Å²) in [6, 6.07) is 4.33. The summed E-state index contributed by atoms with van der Waals surface area (Å²) in [7, 11) is 0. The highest BCUT2D eigenvalue weighted by Crippen LogP contribution is 2.25. The summed E-state index contributed by atoms with van der Waals surface area (Å²) in [5, 5.41) is 18.7. The molecule has 0 amide bonds. The van der Waals surface area contributed by atoms with Crippen LogP contribution in [0.1, 0.15) is 58.9 Å². The molecule has 0 radical (unpaired) electrons. The van der Waals surface area contributed by atoms with Gasteiger partial charge in [0.15, 0.2) is 11.5 Å². The maximum atomic E-state index is 11.7. The van der Waals surface area contributed by atoms with E-state index in [-0.39, 0.29) is 18.1 Å². The van der Waals surface area contributed by atoms with Crippen molar-refractivity contribution in [1.29, 1.82) is 0 Å². The van der Waals surface area contributed by atoms with Crippen molar-refractivity contribution in [3.63, 3.8) is 0 Å². The van der Waals surface area contributed by atoms with Crippen LogP contribution < -0.4 is 0 Å². The second-order valence-corrected chi connectivity index (χ2v) is 7.17. The average molecular weight is 385 g/mol. The lowest BCUT2D eigenvalue weighted by Crippen LogP contribution is -2.00. The summed E-state index contributed by atoms with van der Waals surface area (Å²) in [6.45, 7) is 8.68. The Kier molecular flexibility index (Phi) is 10.5. The van der Waals surface area contributed by atoms with Gasteiger partial charge in [0.2, 0.25) is 0 Å². The zero-order valence-electron chi connectivity index (χ0n) is 17.4. The molecule has 0 bridgehead atoms. The fourth-order valence-corrected chi connectivity index (χ4v) is 2.46. The summed E-state index contributed by atoms with van der Waals surface area (Å²) in [5.74, 6) is -0.875. The molecule has 0 saturated heterocycles. The van der Waals surface area contributed by atoms with Gasteiger partial charge < -0.3 is 14.9 Å². The van der Waals surface area contributed by atoms with E-state index in [0.717, 1.165) is 25.7 Å². The molecule has 0 aromatic heterocycles. The number of rotatable bonds is 10. The first-order chi connectivity index (χ1) is 13.3. The zero-order valence-corrected chi connectivity index (χ0v) is 17.4. The number of carbonyl (C=O) groups is 1. The Morgan fingerprint density at radius 3 is 2.21 bits per heavy atom. The van der Waals surface area contributed by atoms with E-state index in [0.29, 0.717) is 5.56 Å². The normalized spacial score (nSPS) is 12.3. The first kappa shape index (κ1) is 23.3. The van der Waals surface area contributed by atoms with Gasteiger partial charge in [0, 0.05) is 6.08 Å². The number of benzene rings is 1. The number of aromatic hydroxyl groups is 2. The molecular weight excluding hydrogens is 352 g/mol. The molecule has 0 aliphatic carbocycles. The molecule has 0 aliphatic heterocycles. The SMILES string of the molecule is CC(C)=CCC/C(C)=C\CC/C(C)=C\COC(=O)/C=C/c1ccc(O)c(O)c1. The van der Waals surface area contributed by atoms with Gasteiger partial charge in [-0.3, -0.25) is 0 Å². The number of phenols is 2. The minimum absolute atomic E-state index is 0.196. The zero-order chi connectivity index (χ0) is 20.9. The monoisotopic (exact) mass is 384 g/mol. The minimum atomic E-state index is -0.452. The molecule has 0 aliphatic rings. The molecule has 0 atom stereocenters. The first-order valence-corrected chi connectivity index (χ1v) is 9.59. The van der Waals surface area contributed by atoms with Gasteiger partial charge in [-0.15, -0.1) is 0 Å². The number of esters is 1. The molecule has 1 rings (SSSR count). The van der Waals surface area contributed by atoms with Crippen molar-refractivity contribution in [3.05, 3.63) is 64.8 Å². The summed E-state index contributed by atoms with van der Waals surface area (Å²) in [6.07, 6.45) is 13.4. The van der Waals surface area contributed by atoms with Gasteiger partial charge in [-0.2, -0.15) is 0 Å². The van der Waals surface area contributed by atoms with Gasteiger partial charge in [-0.05, 0) is 83.2 Å². The Morgan fingerprint density at radius 1 is 0.929 bits per heavy atom. The number of allylic oxidation sites excluding steroid dienone is 5. The number of ether oxygens (including phenoxy) is 1. The maximum Gasteiger partial charge on any atom is 0.331 e. The fourth-order valence-electron chi connectivity index (χ4n) is 2.46. The highest BCUT2D eigenvalue weighted by Gasteiger charge is 2.00. The predicted molar refractivity (Wildman–Crippen MR) is 115 cm³/mol. The van der Waals surface area contributed by atoms with E-state index in [1.54, 1.807) is 6.07 Å². The second-order valence-electron chi connectivity index (χ2n) is 7.17. The van der Waals surface area contributed by atoms with Crippen LogP contribution in [0.2, 0.25) is 0 Å². The predicted octanol–water partition coefficient (Wildman–Crippen LogP) is 6.07. The van der Waals surface area contributed by atoms with Gasteiger partial charge in [-0.1, -0.05) is 34.9 Å². The lowest BCUT2D eigenvalue weighted by Gasteiger charge is -2.02. The van der Waals surface area contributed by atoms with Crippen molar-refractivity contribution in [2.75, 3.05) is 6.61 Å². The van der Waals surface area contributed by atoms with Gasteiger partial charge in [0.05, 0.1) is 0 Å². The average Bonchev–Trinajstić information content (AvgIpc) is 2.62. The van der Waals surface area contributed by atoms with Gasteiger partial charge in [-0.25, -0.2) is 4.79 Å². The third-order valence-electron chi connectivity index (χ3n) is 4.19. The molecule has 4 heteroatoms. The minimum Gasteiger partial charge on any atom is -0.504 e. The van der Waals surface area contributed by atoms with Crippen LogP contribution in [0, 0.1) is 0 Å². The van der Waals surface area contributed by atoms with Crippen LogP contribution in [0.3, 0.4) is 0 Å². The molecule has 1 aromatic carbocycles. The smallest absolute Gasteiger partial charge is 0.331 e. The Hall–Kier alpha value is -2.75. The van der Waals surface area contributed by atoms with Crippen molar-refractivity contribution < 1.29 is 19.7 Å². The molecule has 152 valence electrons. The van der Waals surface area contributed by atoms with Gasteiger partial charge in [0.25, 0.3) is 0 Å². The molecule has 0 saturated carbocycles. The molecule has 2 N–H and O–H groups in total. The quantitative estimate of drug-likeness (QED) is 0.222. The van der Waals surface area contributed by atoms with Crippen LogP contribution in [-0.2, 0) is 9.53 Å². The van der Waals surface area contributed by atoms with E-state index in [9.17, 15) is 15.0 Å². The number of hydrogen-bond donors (Lipinski definition) is 2. The van der Waals surface area contributed by atoms with Gasteiger partial charge in [0.1, 0.15) is 6.61 Å². The third-order valence-corrected chi connectivity index (χ3v) is 4.19. The lowest BCUT2D eigenvalue weighted by molar-refractivity contribution is -0.136. The van der Waals surface area contributed by atoms with E-state index < -0.39 is 5.97 Å². The van der Waals surface area contributed by atoms with Crippen LogP contribution in [0.25, 0.3) is 6.08 Å². The van der Waals surface area contributed by atoms with Crippen LogP contribution >= 0.6 is 0 Å². The van der Waals surface area contributed by atoms with Crippen molar-refractivity contribution >= 4 is 12.0 Å². The summed E-state index contributed by atoms with van der Waals surface area (Å²) in [5.41, 5.74) is 4.55. The first-order valence-electron chi connectivity index (χ1n) is 9.59. The van der Waals surface area contributed by atoms with Crippen LogP contribution in [0.15, 0.2) is 59.2 Å². The molecule has 0 heterocycles. The highest BCUT2D eigenvalue weighted by atomic mass is 16.5. The van der Waals surface area contributed by atoms with E-state index >= 15 is 0 Å². The lowest BCUT2D eigenvalue weighted by atomic mass is 10.1. The Labute approximate surface area is 168 Å². The molecule has 1 aromatic rings. The molecule has 4 nitrogen and oxygen atoms in total. The van der Waals surface area contributed by atoms with Crippen LogP contribution in [0.5, 0.6) is 11.5 Å². The summed E-state index contributed by atoms with van der Waals surface area (Å²) in [4.78, 5) is 11.7. The standard InChI is InChI=1S/C24H32O4/c1-18(2)7-5-8-19(3)9-6-10-20(4)15-16-28-24(27)14-12-21-11-13-22(25)23(26)17-21/h7,9,11-15,17,25-26H,5-6,8,10,16H2,1-4H3/b14-12+,19-9-,20-15-. The molecule has 28 heavy (non-hydrogen) atoms. The Balaban J connectivity index is 2.33. The largest absolute Gasteiger partial charge is 0.504 e. The van der Waals surface area contributed by atoms with E-state index in [1.165, 1.54) is 41.0 Å². The van der Waals surface area contributed by atoms with Crippen molar-refractivity contribution in [3.8, 4) is 11.5 Å². The number of phenolic OH excluding ortho intramolecular Hbond substituents is 2.